The Hall–Kier alpha value is -0.890. The van der Waals surface area contributed by atoms with E-state index >= 15 is 0 Å². The van der Waals surface area contributed by atoms with Gasteiger partial charge >= 0.3 is 0 Å². The number of halogens is 1. The molecule has 0 spiro atoms. The maximum absolute atomic E-state index is 13.6. The fourth-order valence-corrected chi connectivity index (χ4v) is 2.70. The summed E-state index contributed by atoms with van der Waals surface area (Å²) >= 11 is 0. The molecule has 17 heavy (non-hydrogen) atoms. The molecular formula is C15H22FN. The minimum Gasteiger partial charge on any atom is -0.307 e. The Morgan fingerprint density at radius 2 is 1.82 bits per heavy atom. The number of hydrogen-bond donors (Lipinski definition) is 1. The van der Waals surface area contributed by atoms with Crippen LogP contribution >= 0.6 is 0 Å². The van der Waals surface area contributed by atoms with Gasteiger partial charge in [0.15, 0.2) is 0 Å². The van der Waals surface area contributed by atoms with E-state index in [0.29, 0.717) is 6.04 Å². The van der Waals surface area contributed by atoms with Crippen LogP contribution in [0.3, 0.4) is 0 Å². The Labute approximate surface area is 103 Å². The zero-order valence-electron chi connectivity index (χ0n) is 10.7. The monoisotopic (exact) mass is 235 g/mol. The molecule has 0 bridgehead atoms. The van der Waals surface area contributed by atoms with Crippen molar-refractivity contribution in [2.45, 2.75) is 51.6 Å². The first-order valence-electron chi connectivity index (χ1n) is 6.67. The first-order chi connectivity index (χ1) is 8.16. The lowest BCUT2D eigenvalue weighted by Gasteiger charge is -2.30. The summed E-state index contributed by atoms with van der Waals surface area (Å²) in [5, 5.41) is 3.56. The van der Waals surface area contributed by atoms with Crippen molar-refractivity contribution in [3.8, 4) is 0 Å². The van der Waals surface area contributed by atoms with E-state index in [1.165, 1.54) is 31.7 Å². The molecule has 0 aliphatic heterocycles. The second-order valence-electron chi connectivity index (χ2n) is 5.37. The van der Waals surface area contributed by atoms with E-state index in [1.807, 2.05) is 12.1 Å². The maximum Gasteiger partial charge on any atom is 0.127 e. The third-order valence-electron chi connectivity index (χ3n) is 3.87. The van der Waals surface area contributed by atoms with Crippen LogP contribution in [0.25, 0.3) is 0 Å². The van der Waals surface area contributed by atoms with Crippen molar-refractivity contribution in [3.63, 3.8) is 0 Å². The van der Waals surface area contributed by atoms with Gasteiger partial charge in [0.25, 0.3) is 0 Å². The minimum atomic E-state index is -0.100. The fraction of sp³-hybridized carbons (Fsp3) is 0.600. The predicted molar refractivity (Wildman–Crippen MR) is 69.4 cm³/mol. The largest absolute Gasteiger partial charge is 0.307 e. The Kier molecular flexibility index (Phi) is 4.16. The summed E-state index contributed by atoms with van der Waals surface area (Å²) in [5.41, 5.74) is 0.783. The molecule has 0 amide bonds. The van der Waals surface area contributed by atoms with Crippen molar-refractivity contribution in [2.24, 2.45) is 5.92 Å². The lowest BCUT2D eigenvalue weighted by Crippen LogP contribution is -2.34. The summed E-state index contributed by atoms with van der Waals surface area (Å²) in [7, 11) is 0. The molecule has 0 heterocycles. The topological polar surface area (TPSA) is 12.0 Å². The first kappa shape index (κ1) is 12.6. The molecule has 94 valence electrons. The highest BCUT2D eigenvalue weighted by molar-refractivity contribution is 5.20. The van der Waals surface area contributed by atoms with E-state index in [2.05, 4.69) is 19.2 Å². The number of benzene rings is 1. The van der Waals surface area contributed by atoms with E-state index in [0.717, 1.165) is 11.5 Å². The van der Waals surface area contributed by atoms with Gasteiger partial charge in [-0.2, -0.15) is 0 Å². The first-order valence-corrected chi connectivity index (χ1v) is 6.67. The molecule has 1 aromatic carbocycles. The highest BCUT2D eigenvalue weighted by Gasteiger charge is 2.20. The third kappa shape index (κ3) is 3.29. The van der Waals surface area contributed by atoms with Gasteiger partial charge < -0.3 is 5.32 Å². The Morgan fingerprint density at radius 1 is 1.18 bits per heavy atom. The molecule has 1 aromatic rings. The van der Waals surface area contributed by atoms with Crippen LogP contribution in [0, 0.1) is 11.7 Å². The van der Waals surface area contributed by atoms with Crippen molar-refractivity contribution < 1.29 is 4.39 Å². The van der Waals surface area contributed by atoms with Crippen LogP contribution in [-0.4, -0.2) is 6.04 Å². The normalized spacial score (nSPS) is 26.8. The zero-order valence-corrected chi connectivity index (χ0v) is 10.7. The van der Waals surface area contributed by atoms with Crippen LogP contribution in [0.1, 0.15) is 51.1 Å². The van der Waals surface area contributed by atoms with E-state index in [4.69, 9.17) is 0 Å². The van der Waals surface area contributed by atoms with E-state index < -0.39 is 0 Å². The van der Waals surface area contributed by atoms with Gasteiger partial charge in [0.05, 0.1) is 0 Å². The average Bonchev–Trinajstić information content (AvgIpc) is 2.32. The Balaban J connectivity index is 1.93. The second-order valence-corrected chi connectivity index (χ2v) is 5.37. The summed E-state index contributed by atoms with van der Waals surface area (Å²) in [4.78, 5) is 0. The van der Waals surface area contributed by atoms with Gasteiger partial charge in [-0.3, -0.25) is 0 Å². The van der Waals surface area contributed by atoms with Gasteiger partial charge in [-0.1, -0.05) is 25.1 Å². The van der Waals surface area contributed by atoms with Crippen LogP contribution in [0.5, 0.6) is 0 Å². The second kappa shape index (κ2) is 5.63. The van der Waals surface area contributed by atoms with Crippen LogP contribution in [0.2, 0.25) is 0 Å². The predicted octanol–water partition coefficient (Wildman–Crippen LogP) is 4.06. The summed E-state index contributed by atoms with van der Waals surface area (Å²) in [6.45, 7) is 4.37. The van der Waals surface area contributed by atoms with Crippen LogP contribution in [0.15, 0.2) is 24.3 Å². The van der Waals surface area contributed by atoms with Crippen molar-refractivity contribution in [2.75, 3.05) is 0 Å². The third-order valence-corrected chi connectivity index (χ3v) is 3.87. The van der Waals surface area contributed by atoms with Crippen molar-refractivity contribution in [1.82, 2.24) is 5.32 Å². The van der Waals surface area contributed by atoms with Gasteiger partial charge in [-0.15, -0.1) is 0 Å². The van der Waals surface area contributed by atoms with Gasteiger partial charge in [-0.05, 0) is 44.6 Å². The molecule has 1 aliphatic rings. The van der Waals surface area contributed by atoms with Crippen LogP contribution < -0.4 is 5.32 Å². The van der Waals surface area contributed by atoms with Crippen LogP contribution in [0.4, 0.5) is 4.39 Å². The Morgan fingerprint density at radius 3 is 2.47 bits per heavy atom. The van der Waals surface area contributed by atoms with Crippen molar-refractivity contribution in [1.29, 1.82) is 0 Å². The number of rotatable bonds is 3. The van der Waals surface area contributed by atoms with Gasteiger partial charge in [0.1, 0.15) is 5.82 Å². The van der Waals surface area contributed by atoms with Crippen molar-refractivity contribution in [3.05, 3.63) is 35.6 Å². The van der Waals surface area contributed by atoms with E-state index in [1.54, 1.807) is 6.07 Å². The molecule has 0 aromatic heterocycles. The highest BCUT2D eigenvalue weighted by atomic mass is 19.1. The Bertz CT molecular complexity index is 356. The molecular weight excluding hydrogens is 213 g/mol. The van der Waals surface area contributed by atoms with Crippen molar-refractivity contribution >= 4 is 0 Å². The molecule has 2 rings (SSSR count). The SMILES string of the molecule is CC1CCC(N[C@H](C)c2ccccc2F)CC1. The average molecular weight is 235 g/mol. The standard InChI is InChI=1S/C15H22FN/c1-11-7-9-13(10-8-11)17-12(2)14-5-3-4-6-15(14)16/h3-6,11-13,17H,7-10H2,1-2H3/t11?,12-,13?/m1/s1. The van der Waals surface area contributed by atoms with Crippen LogP contribution in [-0.2, 0) is 0 Å². The summed E-state index contributed by atoms with van der Waals surface area (Å²) < 4.78 is 13.6. The van der Waals surface area contributed by atoms with Gasteiger partial charge in [0, 0.05) is 17.6 Å². The molecule has 1 fully saturated rings. The molecule has 0 radical (unpaired) electrons. The number of nitrogens with one attached hydrogen (secondary N) is 1. The molecule has 0 unspecified atom stereocenters. The lowest BCUT2D eigenvalue weighted by atomic mass is 9.87. The molecule has 0 saturated heterocycles. The molecule has 1 N–H and O–H groups in total. The quantitative estimate of drug-likeness (QED) is 0.833. The van der Waals surface area contributed by atoms with Gasteiger partial charge in [0.2, 0.25) is 0 Å². The maximum atomic E-state index is 13.6. The fourth-order valence-electron chi connectivity index (χ4n) is 2.70. The molecule has 1 atom stereocenters. The summed E-state index contributed by atoms with van der Waals surface area (Å²) in [6.07, 6.45) is 5.03. The highest BCUT2D eigenvalue weighted by Crippen LogP contribution is 2.26. The summed E-state index contributed by atoms with van der Waals surface area (Å²) in [6, 6.07) is 7.72. The van der Waals surface area contributed by atoms with E-state index in [9.17, 15) is 4.39 Å². The molecule has 1 aliphatic carbocycles. The molecule has 1 saturated carbocycles. The zero-order chi connectivity index (χ0) is 12.3. The molecule has 2 heteroatoms. The molecule has 1 nitrogen and oxygen atoms in total. The number of hydrogen-bond acceptors (Lipinski definition) is 1. The smallest absolute Gasteiger partial charge is 0.127 e. The van der Waals surface area contributed by atoms with Gasteiger partial charge in [-0.25, -0.2) is 4.39 Å². The summed E-state index contributed by atoms with van der Waals surface area (Å²) in [5.74, 6) is 0.758. The van der Waals surface area contributed by atoms with E-state index in [-0.39, 0.29) is 11.9 Å². The lowest BCUT2D eigenvalue weighted by molar-refractivity contribution is 0.290. The minimum absolute atomic E-state index is 0.100.